The Bertz CT molecular complexity index is 705. The number of aliphatic hydroxyl groups excluding tert-OH is 1. The number of aliphatic hydroxyl groups is 1. The van der Waals surface area contributed by atoms with E-state index < -0.39 is 12.4 Å². The summed E-state index contributed by atoms with van der Waals surface area (Å²) in [6, 6.07) is 7.97. The highest BCUT2D eigenvalue weighted by molar-refractivity contribution is 5.73. The maximum absolute atomic E-state index is 11.6. The van der Waals surface area contributed by atoms with Gasteiger partial charge in [-0.25, -0.2) is 0 Å². The number of carbonyl (C=O) groups is 1. The number of hydrogen-bond acceptors (Lipinski definition) is 7. The SMILES string of the molecule is CC(=O)N1CCN([C@H]2[C@@H]3OC[C@@H](O3)[C@@H](NCc3ccc(N(C)C)cc3)[C@@H]2O)CC1. The van der Waals surface area contributed by atoms with Crippen LogP contribution in [0.3, 0.4) is 0 Å². The fourth-order valence-electron chi connectivity index (χ4n) is 4.52. The van der Waals surface area contributed by atoms with Crippen molar-refractivity contribution in [3.8, 4) is 0 Å². The molecule has 29 heavy (non-hydrogen) atoms. The minimum Gasteiger partial charge on any atom is -0.390 e. The molecule has 2 bridgehead atoms. The van der Waals surface area contributed by atoms with Gasteiger partial charge in [0.05, 0.1) is 24.8 Å². The molecule has 0 spiro atoms. The summed E-state index contributed by atoms with van der Waals surface area (Å²) in [4.78, 5) is 17.7. The number of hydrogen-bond donors (Lipinski definition) is 2. The molecule has 0 radical (unpaired) electrons. The first-order valence-electron chi connectivity index (χ1n) is 10.4. The predicted octanol–water partition coefficient (Wildman–Crippen LogP) is -0.140. The number of anilines is 1. The van der Waals surface area contributed by atoms with Gasteiger partial charge in [-0.1, -0.05) is 12.1 Å². The van der Waals surface area contributed by atoms with Gasteiger partial charge in [0.15, 0.2) is 6.29 Å². The highest BCUT2D eigenvalue weighted by Gasteiger charge is 2.52. The van der Waals surface area contributed by atoms with E-state index in [0.29, 0.717) is 39.3 Å². The summed E-state index contributed by atoms with van der Waals surface area (Å²) in [6.07, 6.45) is -1.15. The van der Waals surface area contributed by atoms with Gasteiger partial charge in [0.2, 0.25) is 5.91 Å². The van der Waals surface area contributed by atoms with Gasteiger partial charge >= 0.3 is 0 Å². The van der Waals surface area contributed by atoms with Gasteiger partial charge in [0.25, 0.3) is 0 Å². The van der Waals surface area contributed by atoms with E-state index in [1.165, 1.54) is 0 Å². The Kier molecular flexibility index (Phi) is 6.08. The summed E-state index contributed by atoms with van der Waals surface area (Å²) in [5.74, 6) is 0.0992. The van der Waals surface area contributed by atoms with Crippen molar-refractivity contribution in [2.24, 2.45) is 0 Å². The number of amides is 1. The molecule has 0 aliphatic carbocycles. The van der Waals surface area contributed by atoms with Gasteiger partial charge in [-0.2, -0.15) is 0 Å². The zero-order chi connectivity index (χ0) is 20.5. The smallest absolute Gasteiger partial charge is 0.219 e. The molecule has 3 heterocycles. The molecule has 3 saturated heterocycles. The molecule has 5 atom stereocenters. The van der Waals surface area contributed by atoms with E-state index in [4.69, 9.17) is 9.47 Å². The minimum absolute atomic E-state index is 0.0992. The fraction of sp³-hybridized carbons (Fsp3) is 0.667. The third-order valence-electron chi connectivity index (χ3n) is 6.31. The quantitative estimate of drug-likeness (QED) is 0.707. The van der Waals surface area contributed by atoms with Crippen LogP contribution in [-0.2, 0) is 20.8 Å². The van der Waals surface area contributed by atoms with Gasteiger partial charge in [0.1, 0.15) is 6.10 Å². The number of piperazine rings is 1. The van der Waals surface area contributed by atoms with E-state index in [-0.39, 0.29) is 24.1 Å². The Morgan fingerprint density at radius 2 is 1.90 bits per heavy atom. The number of carbonyl (C=O) groups excluding carboxylic acids is 1. The third kappa shape index (κ3) is 4.27. The second-order valence-electron chi connectivity index (χ2n) is 8.37. The number of nitrogens with one attached hydrogen (secondary N) is 1. The topological polar surface area (TPSA) is 77.5 Å². The lowest BCUT2D eigenvalue weighted by Gasteiger charge is -2.46. The molecule has 1 aromatic carbocycles. The first-order chi connectivity index (χ1) is 13.9. The summed E-state index contributed by atoms with van der Waals surface area (Å²) in [7, 11) is 4.05. The Morgan fingerprint density at radius 1 is 1.21 bits per heavy atom. The fourth-order valence-corrected chi connectivity index (χ4v) is 4.52. The molecule has 2 N–H and O–H groups in total. The van der Waals surface area contributed by atoms with Crippen LogP contribution in [0.5, 0.6) is 0 Å². The summed E-state index contributed by atoms with van der Waals surface area (Å²) in [5.41, 5.74) is 2.32. The largest absolute Gasteiger partial charge is 0.390 e. The van der Waals surface area contributed by atoms with Gasteiger partial charge in [0, 0.05) is 59.4 Å². The molecular weight excluding hydrogens is 372 g/mol. The first kappa shape index (κ1) is 20.6. The average Bonchev–Trinajstić information content (AvgIpc) is 3.13. The van der Waals surface area contributed by atoms with Crippen LogP contribution >= 0.6 is 0 Å². The lowest BCUT2D eigenvalue weighted by atomic mass is 9.94. The molecule has 8 nitrogen and oxygen atoms in total. The maximum atomic E-state index is 11.6. The summed E-state index contributed by atoms with van der Waals surface area (Å²) >= 11 is 0. The van der Waals surface area contributed by atoms with Crippen molar-refractivity contribution in [1.82, 2.24) is 15.1 Å². The van der Waals surface area contributed by atoms with Crippen LogP contribution in [0.4, 0.5) is 5.69 Å². The average molecular weight is 405 g/mol. The maximum Gasteiger partial charge on any atom is 0.219 e. The summed E-state index contributed by atoms with van der Waals surface area (Å²) in [5, 5.41) is 14.7. The van der Waals surface area contributed by atoms with Crippen molar-refractivity contribution < 1.29 is 19.4 Å². The molecule has 0 saturated carbocycles. The Labute approximate surface area is 172 Å². The number of benzene rings is 1. The molecule has 3 aliphatic rings. The molecule has 3 aliphatic heterocycles. The Hall–Kier alpha value is -1.71. The molecule has 0 aromatic heterocycles. The van der Waals surface area contributed by atoms with E-state index in [2.05, 4.69) is 39.4 Å². The number of fused-ring (bicyclic) bond motifs is 2. The second-order valence-corrected chi connectivity index (χ2v) is 8.37. The number of ether oxygens (including phenoxy) is 2. The van der Waals surface area contributed by atoms with Crippen molar-refractivity contribution in [3.05, 3.63) is 29.8 Å². The van der Waals surface area contributed by atoms with Crippen molar-refractivity contribution in [2.45, 2.75) is 44.1 Å². The number of rotatable bonds is 5. The van der Waals surface area contributed by atoms with E-state index in [1.807, 2.05) is 19.0 Å². The van der Waals surface area contributed by atoms with Crippen LogP contribution in [0.1, 0.15) is 12.5 Å². The third-order valence-corrected chi connectivity index (χ3v) is 6.31. The van der Waals surface area contributed by atoms with E-state index >= 15 is 0 Å². The first-order valence-corrected chi connectivity index (χ1v) is 10.4. The summed E-state index contributed by atoms with van der Waals surface area (Å²) < 4.78 is 11.9. The van der Waals surface area contributed by atoms with E-state index in [0.717, 1.165) is 11.3 Å². The normalized spacial score (nSPS) is 32.4. The highest BCUT2D eigenvalue weighted by Crippen LogP contribution is 2.32. The molecule has 3 fully saturated rings. The van der Waals surface area contributed by atoms with Crippen LogP contribution in [0, 0.1) is 0 Å². The van der Waals surface area contributed by atoms with Crippen LogP contribution in [0.15, 0.2) is 24.3 Å². The van der Waals surface area contributed by atoms with E-state index in [9.17, 15) is 9.90 Å². The zero-order valence-corrected chi connectivity index (χ0v) is 17.5. The second kappa shape index (κ2) is 8.57. The Morgan fingerprint density at radius 3 is 2.52 bits per heavy atom. The summed E-state index contributed by atoms with van der Waals surface area (Å²) in [6.45, 7) is 5.52. The molecule has 1 aromatic rings. The monoisotopic (exact) mass is 404 g/mol. The van der Waals surface area contributed by atoms with Crippen molar-refractivity contribution in [3.63, 3.8) is 0 Å². The van der Waals surface area contributed by atoms with Crippen LogP contribution in [-0.4, -0.2) is 98.3 Å². The van der Waals surface area contributed by atoms with Gasteiger partial charge in [-0.05, 0) is 17.7 Å². The molecular formula is C21H32N4O4. The van der Waals surface area contributed by atoms with Gasteiger partial charge in [-0.15, -0.1) is 0 Å². The molecule has 1 amide bonds. The number of nitrogens with zero attached hydrogens (tertiary/aromatic N) is 3. The Balaban J connectivity index is 1.39. The van der Waals surface area contributed by atoms with Crippen LogP contribution in [0.25, 0.3) is 0 Å². The van der Waals surface area contributed by atoms with Crippen LogP contribution < -0.4 is 10.2 Å². The van der Waals surface area contributed by atoms with Gasteiger partial charge < -0.3 is 29.7 Å². The van der Waals surface area contributed by atoms with E-state index in [1.54, 1.807) is 6.92 Å². The van der Waals surface area contributed by atoms with Gasteiger partial charge in [-0.3, -0.25) is 9.69 Å². The minimum atomic E-state index is -0.592. The lowest BCUT2D eigenvalue weighted by Crippen LogP contribution is -2.66. The molecule has 0 unspecified atom stereocenters. The van der Waals surface area contributed by atoms with Crippen LogP contribution in [0.2, 0.25) is 0 Å². The standard InChI is InChI=1S/C21H32N4O4/c1-14(26)24-8-10-25(11-9-24)19-20(27)18(17-13-28-21(19)29-17)22-12-15-4-6-16(7-5-15)23(2)3/h4-7,17-22,27H,8-13H2,1-3H3/t17-,18-,19-,20+,21-/m1/s1. The molecule has 8 heteroatoms. The molecule has 4 rings (SSSR count). The lowest BCUT2D eigenvalue weighted by molar-refractivity contribution is -0.186. The van der Waals surface area contributed by atoms with Crippen molar-refractivity contribution in [1.29, 1.82) is 0 Å². The van der Waals surface area contributed by atoms with Crippen molar-refractivity contribution >= 4 is 11.6 Å². The molecule has 160 valence electrons. The zero-order valence-electron chi connectivity index (χ0n) is 17.5. The predicted molar refractivity (Wildman–Crippen MR) is 110 cm³/mol. The highest BCUT2D eigenvalue weighted by atomic mass is 16.7. The van der Waals surface area contributed by atoms with Crippen molar-refractivity contribution in [2.75, 3.05) is 51.8 Å².